The number of anilines is 1. The van der Waals surface area contributed by atoms with Gasteiger partial charge >= 0.3 is 0 Å². The molecule has 1 atom stereocenters. The molecule has 22 heavy (non-hydrogen) atoms. The van der Waals surface area contributed by atoms with Gasteiger partial charge in [0.05, 0.1) is 17.1 Å². The SMILES string of the molecule is CCNc1nc2cc(C)c(C)cc2n1C(C)c1ccccc1. The van der Waals surface area contributed by atoms with E-state index in [2.05, 4.69) is 80.0 Å². The molecule has 3 nitrogen and oxygen atoms in total. The quantitative estimate of drug-likeness (QED) is 0.756. The Hall–Kier alpha value is -2.29. The van der Waals surface area contributed by atoms with E-state index in [1.54, 1.807) is 0 Å². The van der Waals surface area contributed by atoms with Gasteiger partial charge in [-0.15, -0.1) is 0 Å². The van der Waals surface area contributed by atoms with Crippen LogP contribution < -0.4 is 5.32 Å². The Morgan fingerprint density at radius 3 is 2.45 bits per heavy atom. The maximum atomic E-state index is 4.80. The summed E-state index contributed by atoms with van der Waals surface area (Å²) in [5, 5.41) is 3.41. The van der Waals surface area contributed by atoms with E-state index in [0.717, 1.165) is 18.0 Å². The number of aryl methyl sites for hydroxylation is 2. The summed E-state index contributed by atoms with van der Waals surface area (Å²) in [6.07, 6.45) is 0. The lowest BCUT2D eigenvalue weighted by Gasteiger charge is -2.18. The first-order valence-corrected chi connectivity index (χ1v) is 7.89. The van der Waals surface area contributed by atoms with Crippen molar-refractivity contribution in [1.29, 1.82) is 0 Å². The van der Waals surface area contributed by atoms with Crippen LogP contribution in [0.1, 0.15) is 36.6 Å². The van der Waals surface area contributed by atoms with Crippen LogP contribution in [0.25, 0.3) is 11.0 Å². The summed E-state index contributed by atoms with van der Waals surface area (Å²) in [5.74, 6) is 0.943. The topological polar surface area (TPSA) is 29.9 Å². The first kappa shape index (κ1) is 14.6. The molecule has 0 saturated heterocycles. The molecule has 0 amide bonds. The molecule has 0 saturated carbocycles. The molecule has 3 aromatic rings. The van der Waals surface area contributed by atoms with Crippen molar-refractivity contribution in [2.24, 2.45) is 0 Å². The van der Waals surface area contributed by atoms with Gasteiger partial charge in [-0.1, -0.05) is 30.3 Å². The van der Waals surface area contributed by atoms with E-state index in [1.165, 1.54) is 22.2 Å². The van der Waals surface area contributed by atoms with Gasteiger partial charge in [0, 0.05) is 6.54 Å². The lowest BCUT2D eigenvalue weighted by atomic mass is 10.1. The van der Waals surface area contributed by atoms with E-state index >= 15 is 0 Å². The highest BCUT2D eigenvalue weighted by atomic mass is 15.2. The summed E-state index contributed by atoms with van der Waals surface area (Å²) in [6.45, 7) is 9.50. The van der Waals surface area contributed by atoms with Crippen LogP contribution in [0.2, 0.25) is 0 Å². The number of hydrogen-bond donors (Lipinski definition) is 1. The van der Waals surface area contributed by atoms with E-state index in [0.29, 0.717) is 0 Å². The van der Waals surface area contributed by atoms with Gasteiger partial charge in [-0.3, -0.25) is 0 Å². The van der Waals surface area contributed by atoms with Gasteiger partial charge in [-0.05, 0) is 56.5 Å². The van der Waals surface area contributed by atoms with Crippen LogP contribution in [0.5, 0.6) is 0 Å². The van der Waals surface area contributed by atoms with Crippen molar-refractivity contribution in [3.63, 3.8) is 0 Å². The monoisotopic (exact) mass is 293 g/mol. The van der Waals surface area contributed by atoms with Crippen molar-refractivity contribution in [2.75, 3.05) is 11.9 Å². The smallest absolute Gasteiger partial charge is 0.204 e. The summed E-state index contributed by atoms with van der Waals surface area (Å²) in [5.41, 5.74) is 6.13. The molecule has 3 heteroatoms. The second kappa shape index (κ2) is 5.84. The van der Waals surface area contributed by atoms with Crippen molar-refractivity contribution in [3.8, 4) is 0 Å². The van der Waals surface area contributed by atoms with Crippen LogP contribution >= 0.6 is 0 Å². The molecule has 0 radical (unpaired) electrons. The van der Waals surface area contributed by atoms with Crippen LogP contribution in [-0.2, 0) is 0 Å². The van der Waals surface area contributed by atoms with Gasteiger partial charge in [0.25, 0.3) is 0 Å². The van der Waals surface area contributed by atoms with Crippen molar-refractivity contribution in [3.05, 3.63) is 59.2 Å². The van der Waals surface area contributed by atoms with Crippen molar-refractivity contribution < 1.29 is 0 Å². The molecule has 1 N–H and O–H groups in total. The number of fused-ring (bicyclic) bond motifs is 1. The molecule has 114 valence electrons. The van der Waals surface area contributed by atoms with Gasteiger partial charge in [-0.25, -0.2) is 4.98 Å². The number of nitrogens with zero attached hydrogens (tertiary/aromatic N) is 2. The molecule has 2 aromatic carbocycles. The summed E-state index contributed by atoms with van der Waals surface area (Å²) >= 11 is 0. The van der Waals surface area contributed by atoms with Crippen molar-refractivity contribution in [2.45, 2.75) is 33.7 Å². The largest absolute Gasteiger partial charge is 0.356 e. The third-order valence-corrected chi connectivity index (χ3v) is 4.31. The fourth-order valence-corrected chi connectivity index (χ4v) is 2.91. The molecule has 0 aliphatic heterocycles. The highest BCUT2D eigenvalue weighted by Gasteiger charge is 2.17. The molecule has 0 bridgehead atoms. The third-order valence-electron chi connectivity index (χ3n) is 4.31. The van der Waals surface area contributed by atoms with E-state index in [9.17, 15) is 0 Å². The molecular weight excluding hydrogens is 270 g/mol. The van der Waals surface area contributed by atoms with E-state index < -0.39 is 0 Å². The molecule has 0 spiro atoms. The van der Waals surface area contributed by atoms with Gasteiger partial charge in [-0.2, -0.15) is 0 Å². The van der Waals surface area contributed by atoms with Crippen molar-refractivity contribution >= 4 is 17.0 Å². The first-order valence-electron chi connectivity index (χ1n) is 7.89. The zero-order chi connectivity index (χ0) is 15.7. The van der Waals surface area contributed by atoms with Crippen LogP contribution in [-0.4, -0.2) is 16.1 Å². The molecule has 0 aliphatic carbocycles. The summed E-state index contributed by atoms with van der Waals surface area (Å²) in [7, 11) is 0. The van der Waals surface area contributed by atoms with Gasteiger partial charge < -0.3 is 9.88 Å². The van der Waals surface area contributed by atoms with Crippen LogP contribution in [0.3, 0.4) is 0 Å². The van der Waals surface area contributed by atoms with E-state index in [1.807, 2.05) is 0 Å². The average molecular weight is 293 g/mol. The van der Waals surface area contributed by atoms with Crippen LogP contribution in [0.15, 0.2) is 42.5 Å². The van der Waals surface area contributed by atoms with Crippen molar-refractivity contribution in [1.82, 2.24) is 9.55 Å². The zero-order valence-electron chi connectivity index (χ0n) is 13.7. The fourth-order valence-electron chi connectivity index (χ4n) is 2.91. The number of nitrogens with one attached hydrogen (secondary N) is 1. The molecule has 1 unspecified atom stereocenters. The minimum atomic E-state index is 0.238. The predicted molar refractivity (Wildman–Crippen MR) is 93.6 cm³/mol. The highest BCUT2D eigenvalue weighted by Crippen LogP contribution is 2.30. The zero-order valence-corrected chi connectivity index (χ0v) is 13.7. The summed E-state index contributed by atoms with van der Waals surface area (Å²) in [6, 6.07) is 15.3. The first-order chi connectivity index (χ1) is 10.6. The fraction of sp³-hybridized carbons (Fsp3) is 0.316. The minimum Gasteiger partial charge on any atom is -0.356 e. The normalized spacial score (nSPS) is 12.5. The Labute approximate surface area is 132 Å². The molecular formula is C19H23N3. The van der Waals surface area contributed by atoms with Gasteiger partial charge in [0.2, 0.25) is 5.95 Å². The molecule has 0 fully saturated rings. The third kappa shape index (κ3) is 2.47. The molecule has 1 aromatic heterocycles. The number of aromatic nitrogens is 2. The Bertz CT molecular complexity index is 787. The van der Waals surface area contributed by atoms with Crippen LogP contribution in [0, 0.1) is 13.8 Å². The maximum absolute atomic E-state index is 4.80. The number of rotatable bonds is 4. The molecule has 0 aliphatic rings. The Kier molecular flexibility index (Phi) is 3.88. The Morgan fingerprint density at radius 1 is 1.09 bits per heavy atom. The second-order valence-corrected chi connectivity index (χ2v) is 5.85. The Morgan fingerprint density at radius 2 is 1.77 bits per heavy atom. The average Bonchev–Trinajstić information content (AvgIpc) is 2.85. The molecule has 1 heterocycles. The van der Waals surface area contributed by atoms with E-state index in [-0.39, 0.29) is 6.04 Å². The number of benzene rings is 2. The summed E-state index contributed by atoms with van der Waals surface area (Å²) < 4.78 is 2.31. The van der Waals surface area contributed by atoms with Crippen LogP contribution in [0.4, 0.5) is 5.95 Å². The Balaban J connectivity index is 2.21. The van der Waals surface area contributed by atoms with Gasteiger partial charge in [0.1, 0.15) is 0 Å². The standard InChI is InChI=1S/C19H23N3/c1-5-20-19-21-17-11-13(2)14(3)12-18(17)22(19)15(4)16-9-7-6-8-10-16/h6-12,15H,5H2,1-4H3,(H,20,21). The second-order valence-electron chi connectivity index (χ2n) is 5.85. The lowest BCUT2D eigenvalue weighted by Crippen LogP contribution is -2.12. The molecule has 3 rings (SSSR count). The number of imidazole rings is 1. The lowest BCUT2D eigenvalue weighted by molar-refractivity contribution is 0.663. The minimum absolute atomic E-state index is 0.238. The maximum Gasteiger partial charge on any atom is 0.204 e. The highest BCUT2D eigenvalue weighted by molar-refractivity contribution is 5.81. The summed E-state index contributed by atoms with van der Waals surface area (Å²) in [4.78, 5) is 4.80. The number of hydrogen-bond acceptors (Lipinski definition) is 2. The predicted octanol–water partition coefficient (Wildman–Crippen LogP) is 4.69. The van der Waals surface area contributed by atoms with E-state index in [4.69, 9.17) is 4.98 Å². The van der Waals surface area contributed by atoms with Gasteiger partial charge in [0.15, 0.2) is 0 Å².